The molecule has 178 valence electrons. The predicted molar refractivity (Wildman–Crippen MR) is 124 cm³/mol. The molecule has 2 amide bonds. The van der Waals surface area contributed by atoms with Gasteiger partial charge >= 0.3 is 6.09 Å². The summed E-state index contributed by atoms with van der Waals surface area (Å²) < 4.78 is 20.2. The largest absolute Gasteiger partial charge is 0.449 e. The molecule has 3 heterocycles. The molecular formula is C25H28FN5O3. The molecule has 1 N–H and O–H groups in total. The van der Waals surface area contributed by atoms with Crippen molar-refractivity contribution in [1.82, 2.24) is 25.0 Å². The number of halogens is 1. The lowest BCUT2D eigenvalue weighted by molar-refractivity contribution is -0.133. The van der Waals surface area contributed by atoms with E-state index < -0.39 is 6.09 Å². The number of nitrogens with one attached hydrogen (secondary N) is 1. The first kappa shape index (κ1) is 23.4. The Morgan fingerprint density at radius 3 is 2.50 bits per heavy atom. The van der Waals surface area contributed by atoms with Crippen LogP contribution in [0.15, 0.2) is 54.9 Å². The molecule has 1 fully saturated rings. The van der Waals surface area contributed by atoms with Crippen molar-refractivity contribution in [1.29, 1.82) is 0 Å². The van der Waals surface area contributed by atoms with Crippen molar-refractivity contribution >= 4 is 12.0 Å². The molecule has 0 atom stereocenters. The third kappa shape index (κ3) is 5.98. The molecule has 2 aromatic heterocycles. The van der Waals surface area contributed by atoms with Gasteiger partial charge in [0.25, 0.3) is 0 Å². The van der Waals surface area contributed by atoms with Crippen LogP contribution in [0.4, 0.5) is 9.18 Å². The van der Waals surface area contributed by atoms with E-state index in [9.17, 15) is 14.0 Å². The number of ether oxygens (including phenoxy) is 1. The summed E-state index contributed by atoms with van der Waals surface area (Å²) in [5.41, 5.74) is 3.49. The van der Waals surface area contributed by atoms with Gasteiger partial charge in [0.15, 0.2) is 0 Å². The lowest BCUT2D eigenvalue weighted by atomic mass is 9.98. The van der Waals surface area contributed by atoms with Gasteiger partial charge in [0.05, 0.1) is 12.3 Å². The monoisotopic (exact) mass is 465 g/mol. The van der Waals surface area contributed by atoms with Crippen LogP contribution in [0.2, 0.25) is 0 Å². The molecule has 0 radical (unpaired) electrons. The Hall–Kier alpha value is -3.75. The summed E-state index contributed by atoms with van der Waals surface area (Å²) in [5, 5.41) is 7.15. The maximum atomic E-state index is 13.3. The first-order chi connectivity index (χ1) is 16.5. The van der Waals surface area contributed by atoms with E-state index in [0.717, 1.165) is 35.4 Å². The lowest BCUT2D eigenvalue weighted by Crippen LogP contribution is -2.41. The molecular weight excluding hydrogens is 437 g/mol. The Morgan fingerprint density at radius 1 is 1.12 bits per heavy atom. The number of hydrogen-bond donors (Lipinski definition) is 1. The smallest absolute Gasteiger partial charge is 0.406 e. The highest BCUT2D eigenvalue weighted by molar-refractivity contribution is 5.76. The second-order valence-corrected chi connectivity index (χ2v) is 8.39. The van der Waals surface area contributed by atoms with E-state index in [2.05, 4.69) is 10.3 Å². The Kier molecular flexibility index (Phi) is 7.51. The molecule has 0 bridgehead atoms. The van der Waals surface area contributed by atoms with Crippen LogP contribution in [0, 0.1) is 11.7 Å². The van der Waals surface area contributed by atoms with Gasteiger partial charge in [-0.25, -0.2) is 9.18 Å². The molecule has 0 saturated carbocycles. The molecule has 1 saturated heterocycles. The van der Waals surface area contributed by atoms with E-state index in [1.165, 1.54) is 19.2 Å². The average Bonchev–Trinajstić information content (AvgIpc) is 3.26. The molecule has 3 aromatic rings. The fraction of sp³-hybridized carbons (Fsp3) is 0.360. The highest BCUT2D eigenvalue weighted by Gasteiger charge is 2.25. The predicted octanol–water partition coefficient (Wildman–Crippen LogP) is 3.27. The topological polar surface area (TPSA) is 89.4 Å². The Balaban J connectivity index is 1.44. The van der Waals surface area contributed by atoms with Gasteiger partial charge in [0.2, 0.25) is 5.91 Å². The number of amides is 2. The zero-order valence-electron chi connectivity index (χ0n) is 19.1. The van der Waals surface area contributed by atoms with Crippen molar-refractivity contribution in [3.8, 4) is 11.3 Å². The van der Waals surface area contributed by atoms with Crippen molar-refractivity contribution in [2.24, 2.45) is 5.92 Å². The van der Waals surface area contributed by atoms with E-state index in [0.29, 0.717) is 26.1 Å². The molecule has 1 aromatic carbocycles. The number of aromatic nitrogens is 3. The molecule has 9 heteroatoms. The summed E-state index contributed by atoms with van der Waals surface area (Å²) in [4.78, 5) is 30.3. The lowest BCUT2D eigenvalue weighted by Gasteiger charge is -2.31. The van der Waals surface area contributed by atoms with Gasteiger partial charge in [-0.2, -0.15) is 5.10 Å². The van der Waals surface area contributed by atoms with Crippen molar-refractivity contribution in [3.05, 3.63) is 71.9 Å². The zero-order chi connectivity index (χ0) is 23.9. The summed E-state index contributed by atoms with van der Waals surface area (Å²) in [7, 11) is 1.53. The quantitative estimate of drug-likeness (QED) is 0.579. The number of hydrogen-bond acceptors (Lipinski definition) is 5. The maximum Gasteiger partial charge on any atom is 0.406 e. The average molecular weight is 466 g/mol. The van der Waals surface area contributed by atoms with Crippen molar-refractivity contribution in [2.45, 2.75) is 25.8 Å². The van der Waals surface area contributed by atoms with Crippen LogP contribution >= 0.6 is 0 Å². The van der Waals surface area contributed by atoms with Crippen LogP contribution in [-0.2, 0) is 22.5 Å². The number of carbonyl (C=O) groups excluding carboxylic acids is 2. The number of rotatable bonds is 7. The fourth-order valence-electron chi connectivity index (χ4n) is 4.05. The first-order valence-corrected chi connectivity index (χ1v) is 11.4. The van der Waals surface area contributed by atoms with Crippen molar-refractivity contribution in [2.75, 3.05) is 26.7 Å². The molecule has 0 spiro atoms. The molecule has 1 aliphatic rings. The molecule has 1 aliphatic heterocycles. The molecule has 0 unspecified atom stereocenters. The summed E-state index contributed by atoms with van der Waals surface area (Å²) in [6.45, 7) is 1.72. The highest BCUT2D eigenvalue weighted by atomic mass is 19.1. The van der Waals surface area contributed by atoms with Crippen LogP contribution in [0.5, 0.6) is 0 Å². The Morgan fingerprint density at radius 2 is 1.82 bits per heavy atom. The van der Waals surface area contributed by atoms with Gasteiger partial charge < -0.3 is 15.0 Å². The van der Waals surface area contributed by atoms with Gasteiger partial charge in [-0.15, -0.1) is 0 Å². The van der Waals surface area contributed by atoms with E-state index in [1.807, 2.05) is 23.1 Å². The summed E-state index contributed by atoms with van der Waals surface area (Å²) in [5.74, 6) is -0.0391. The molecule has 0 aliphatic carbocycles. The summed E-state index contributed by atoms with van der Waals surface area (Å²) >= 11 is 0. The summed E-state index contributed by atoms with van der Waals surface area (Å²) in [6, 6.07) is 12.1. The molecule has 8 nitrogen and oxygen atoms in total. The van der Waals surface area contributed by atoms with E-state index in [1.54, 1.807) is 29.2 Å². The van der Waals surface area contributed by atoms with Crippen LogP contribution in [-0.4, -0.2) is 58.4 Å². The summed E-state index contributed by atoms with van der Waals surface area (Å²) in [6.07, 6.45) is 5.08. The second-order valence-electron chi connectivity index (χ2n) is 8.39. The second kappa shape index (κ2) is 10.9. The molecule has 34 heavy (non-hydrogen) atoms. The zero-order valence-corrected chi connectivity index (χ0v) is 19.1. The number of alkyl carbamates (subject to hydrolysis) is 1. The molecule has 4 rings (SSSR count). The van der Waals surface area contributed by atoms with Crippen molar-refractivity contribution in [3.63, 3.8) is 0 Å². The van der Waals surface area contributed by atoms with E-state index in [-0.39, 0.29) is 24.2 Å². The Bertz CT molecular complexity index is 1110. The SMILES string of the molecule is CNC(=O)OCC1CCN(C(=O)Cn2nc(-c3ccncc3)cc2Cc2ccc(F)cc2)CC1. The van der Waals surface area contributed by atoms with Gasteiger partial charge in [-0.3, -0.25) is 14.5 Å². The number of nitrogens with zero attached hydrogens (tertiary/aromatic N) is 4. The Labute approximate surface area is 197 Å². The number of pyridine rings is 1. The third-order valence-electron chi connectivity index (χ3n) is 6.04. The normalized spacial score (nSPS) is 14.1. The number of piperidine rings is 1. The maximum absolute atomic E-state index is 13.3. The highest BCUT2D eigenvalue weighted by Crippen LogP contribution is 2.22. The van der Waals surface area contributed by atoms with Crippen LogP contribution in [0.3, 0.4) is 0 Å². The fourth-order valence-corrected chi connectivity index (χ4v) is 4.05. The van der Waals surface area contributed by atoms with Gasteiger partial charge in [0.1, 0.15) is 12.4 Å². The minimum absolute atomic E-state index is 0.00426. The number of likely N-dealkylation sites (tertiary alicyclic amines) is 1. The van der Waals surface area contributed by atoms with E-state index in [4.69, 9.17) is 9.84 Å². The van der Waals surface area contributed by atoms with Gasteiger partial charge in [0, 0.05) is 50.2 Å². The standard InChI is InChI=1S/C25H28FN5O3/c1-27-25(33)34-17-19-8-12-30(13-9-19)24(32)16-31-22(14-18-2-4-21(26)5-3-18)15-23(29-31)20-6-10-28-11-7-20/h2-7,10-11,15,19H,8-9,12-14,16-17H2,1H3,(H,27,33). The first-order valence-electron chi connectivity index (χ1n) is 11.4. The van der Waals surface area contributed by atoms with Gasteiger partial charge in [-0.05, 0) is 54.7 Å². The van der Waals surface area contributed by atoms with Crippen molar-refractivity contribution < 1.29 is 18.7 Å². The number of carbonyl (C=O) groups is 2. The van der Waals surface area contributed by atoms with E-state index >= 15 is 0 Å². The van der Waals surface area contributed by atoms with Crippen LogP contribution in [0.1, 0.15) is 24.1 Å². The number of benzene rings is 1. The minimum Gasteiger partial charge on any atom is -0.449 e. The minimum atomic E-state index is -0.434. The van der Waals surface area contributed by atoms with Crippen LogP contribution in [0.25, 0.3) is 11.3 Å². The third-order valence-corrected chi connectivity index (χ3v) is 6.04. The van der Waals surface area contributed by atoms with Crippen LogP contribution < -0.4 is 5.32 Å². The van der Waals surface area contributed by atoms with Gasteiger partial charge in [-0.1, -0.05) is 12.1 Å².